The summed E-state index contributed by atoms with van der Waals surface area (Å²) in [6, 6.07) is 3.10. The van der Waals surface area contributed by atoms with Gasteiger partial charge in [-0.3, -0.25) is 9.48 Å². The van der Waals surface area contributed by atoms with E-state index in [1.807, 2.05) is 20.8 Å². The minimum atomic E-state index is -0.289. The van der Waals surface area contributed by atoms with E-state index in [9.17, 15) is 4.79 Å². The standard InChI is InChI=1S/C14H16Cl2N4O/c1-14(2,3)20-7-8(6-18-20)13(21)19-9-4-10(15)12(17)11(16)5-9/h4-7H,17H2,1-3H3,(H,19,21). The quantitative estimate of drug-likeness (QED) is 0.825. The summed E-state index contributed by atoms with van der Waals surface area (Å²) in [4.78, 5) is 12.2. The number of halogens is 2. The highest BCUT2D eigenvalue weighted by Crippen LogP contribution is 2.31. The molecule has 7 heteroatoms. The van der Waals surface area contributed by atoms with Gasteiger partial charge in [-0.2, -0.15) is 5.10 Å². The molecule has 0 bridgehead atoms. The molecular weight excluding hydrogens is 311 g/mol. The number of benzene rings is 1. The number of rotatable bonds is 2. The second kappa shape index (κ2) is 5.58. The second-order valence-corrected chi connectivity index (χ2v) is 6.47. The largest absolute Gasteiger partial charge is 0.396 e. The molecule has 0 saturated heterocycles. The topological polar surface area (TPSA) is 72.9 Å². The molecule has 3 N–H and O–H groups in total. The molecule has 1 aromatic carbocycles. The second-order valence-electron chi connectivity index (χ2n) is 5.65. The normalized spacial score (nSPS) is 11.5. The van der Waals surface area contributed by atoms with Crippen LogP contribution in [0.15, 0.2) is 24.5 Å². The lowest BCUT2D eigenvalue weighted by atomic mass is 10.1. The first-order valence-corrected chi connectivity index (χ1v) is 7.05. The Labute approximate surface area is 133 Å². The number of amides is 1. The van der Waals surface area contributed by atoms with Crippen LogP contribution in [0, 0.1) is 0 Å². The molecule has 1 aromatic heterocycles. The summed E-state index contributed by atoms with van der Waals surface area (Å²) in [5, 5.41) is 7.49. The summed E-state index contributed by atoms with van der Waals surface area (Å²) in [6.45, 7) is 6.00. The molecule has 2 aromatic rings. The molecule has 5 nitrogen and oxygen atoms in total. The number of hydrogen-bond acceptors (Lipinski definition) is 3. The van der Waals surface area contributed by atoms with Gasteiger partial charge in [0.15, 0.2) is 0 Å². The van der Waals surface area contributed by atoms with Gasteiger partial charge in [-0.05, 0) is 32.9 Å². The Morgan fingerprint density at radius 2 is 1.86 bits per heavy atom. The van der Waals surface area contributed by atoms with Crippen LogP contribution < -0.4 is 11.1 Å². The average molecular weight is 327 g/mol. The molecule has 1 heterocycles. The molecule has 0 radical (unpaired) electrons. The van der Waals surface area contributed by atoms with Crippen LogP contribution in [-0.4, -0.2) is 15.7 Å². The van der Waals surface area contributed by atoms with E-state index < -0.39 is 0 Å². The molecule has 2 rings (SSSR count). The number of nitrogen functional groups attached to an aromatic ring is 1. The van der Waals surface area contributed by atoms with Gasteiger partial charge >= 0.3 is 0 Å². The Balaban J connectivity index is 2.20. The van der Waals surface area contributed by atoms with E-state index in [4.69, 9.17) is 28.9 Å². The molecule has 0 aliphatic rings. The lowest BCUT2D eigenvalue weighted by Gasteiger charge is -2.18. The van der Waals surface area contributed by atoms with Gasteiger partial charge in [-0.25, -0.2) is 0 Å². The Morgan fingerprint density at radius 3 is 2.33 bits per heavy atom. The van der Waals surface area contributed by atoms with Crippen molar-refractivity contribution in [2.45, 2.75) is 26.3 Å². The van der Waals surface area contributed by atoms with E-state index in [2.05, 4.69) is 10.4 Å². The van der Waals surface area contributed by atoms with Gasteiger partial charge in [0.05, 0.1) is 33.0 Å². The van der Waals surface area contributed by atoms with Crippen LogP contribution >= 0.6 is 23.2 Å². The Kier molecular flexibility index (Phi) is 4.16. The van der Waals surface area contributed by atoms with Crippen LogP contribution in [0.3, 0.4) is 0 Å². The first-order valence-electron chi connectivity index (χ1n) is 6.29. The van der Waals surface area contributed by atoms with E-state index in [0.717, 1.165) is 0 Å². The van der Waals surface area contributed by atoms with Crippen LogP contribution in [0.25, 0.3) is 0 Å². The first kappa shape index (κ1) is 15.7. The van der Waals surface area contributed by atoms with Gasteiger partial charge in [0.25, 0.3) is 5.91 Å². The zero-order chi connectivity index (χ0) is 15.8. The summed E-state index contributed by atoms with van der Waals surface area (Å²) < 4.78 is 1.73. The van der Waals surface area contributed by atoms with E-state index in [1.165, 1.54) is 6.20 Å². The smallest absolute Gasteiger partial charge is 0.258 e. The number of carbonyl (C=O) groups is 1. The highest BCUT2D eigenvalue weighted by atomic mass is 35.5. The van der Waals surface area contributed by atoms with E-state index in [1.54, 1.807) is 23.0 Å². The van der Waals surface area contributed by atoms with Gasteiger partial charge in [0.1, 0.15) is 0 Å². The van der Waals surface area contributed by atoms with Crippen molar-refractivity contribution in [3.8, 4) is 0 Å². The Hall–Kier alpha value is -1.72. The van der Waals surface area contributed by atoms with Crippen molar-refractivity contribution in [2.24, 2.45) is 0 Å². The number of nitrogens with zero attached hydrogens (tertiary/aromatic N) is 2. The van der Waals surface area contributed by atoms with Crippen LogP contribution in [-0.2, 0) is 5.54 Å². The number of aromatic nitrogens is 2. The summed E-state index contributed by atoms with van der Waals surface area (Å²) >= 11 is 11.9. The lowest BCUT2D eigenvalue weighted by Crippen LogP contribution is -2.22. The maximum absolute atomic E-state index is 12.2. The molecule has 0 aliphatic heterocycles. The van der Waals surface area contributed by atoms with E-state index in [-0.39, 0.29) is 17.1 Å². The third-order valence-corrected chi connectivity index (χ3v) is 3.49. The third-order valence-electron chi connectivity index (χ3n) is 2.87. The maximum Gasteiger partial charge on any atom is 0.258 e. The minimum absolute atomic E-state index is 0.188. The highest BCUT2D eigenvalue weighted by molar-refractivity contribution is 6.39. The van der Waals surface area contributed by atoms with Crippen LogP contribution in [0.4, 0.5) is 11.4 Å². The summed E-state index contributed by atoms with van der Waals surface area (Å²) in [5.41, 5.74) is 6.69. The van der Waals surface area contributed by atoms with Crippen LogP contribution in [0.1, 0.15) is 31.1 Å². The van der Waals surface area contributed by atoms with Gasteiger partial charge in [-0.1, -0.05) is 23.2 Å². The first-order chi connectivity index (χ1) is 9.68. The lowest BCUT2D eigenvalue weighted by molar-refractivity contribution is 0.102. The molecule has 0 aliphatic carbocycles. The fourth-order valence-corrected chi connectivity index (χ4v) is 2.15. The Morgan fingerprint density at radius 1 is 1.29 bits per heavy atom. The molecule has 0 unspecified atom stereocenters. The zero-order valence-electron chi connectivity index (χ0n) is 11.9. The van der Waals surface area contributed by atoms with Crippen molar-refractivity contribution in [1.29, 1.82) is 0 Å². The van der Waals surface area contributed by atoms with Crippen molar-refractivity contribution in [2.75, 3.05) is 11.1 Å². The predicted molar refractivity (Wildman–Crippen MR) is 86.1 cm³/mol. The van der Waals surface area contributed by atoms with Crippen LogP contribution in [0.5, 0.6) is 0 Å². The highest BCUT2D eigenvalue weighted by Gasteiger charge is 2.17. The predicted octanol–water partition coefficient (Wildman–Crippen LogP) is 3.78. The number of nitrogens with two attached hydrogens (primary N) is 1. The van der Waals surface area contributed by atoms with E-state index >= 15 is 0 Å². The molecule has 0 fully saturated rings. The number of nitrogens with one attached hydrogen (secondary N) is 1. The number of hydrogen-bond donors (Lipinski definition) is 2. The Bertz CT molecular complexity index is 666. The summed E-state index contributed by atoms with van der Waals surface area (Å²) in [6.07, 6.45) is 3.21. The van der Waals surface area contributed by atoms with Crippen molar-refractivity contribution in [1.82, 2.24) is 9.78 Å². The monoisotopic (exact) mass is 326 g/mol. The SMILES string of the molecule is CC(C)(C)n1cc(C(=O)Nc2cc(Cl)c(N)c(Cl)c2)cn1. The van der Waals surface area contributed by atoms with Gasteiger partial charge < -0.3 is 11.1 Å². The minimum Gasteiger partial charge on any atom is -0.396 e. The van der Waals surface area contributed by atoms with E-state index in [0.29, 0.717) is 21.3 Å². The molecule has 112 valence electrons. The van der Waals surface area contributed by atoms with Gasteiger partial charge in [-0.15, -0.1) is 0 Å². The van der Waals surface area contributed by atoms with Gasteiger partial charge in [0, 0.05) is 11.9 Å². The van der Waals surface area contributed by atoms with Crippen molar-refractivity contribution in [3.05, 3.63) is 40.1 Å². The maximum atomic E-state index is 12.2. The molecule has 1 amide bonds. The van der Waals surface area contributed by atoms with Crippen molar-refractivity contribution < 1.29 is 4.79 Å². The summed E-state index contributed by atoms with van der Waals surface area (Å²) in [7, 11) is 0. The zero-order valence-corrected chi connectivity index (χ0v) is 13.5. The molecule has 0 saturated carbocycles. The number of anilines is 2. The number of carbonyl (C=O) groups excluding carboxylic acids is 1. The van der Waals surface area contributed by atoms with Gasteiger partial charge in [0.2, 0.25) is 0 Å². The van der Waals surface area contributed by atoms with Crippen molar-refractivity contribution in [3.63, 3.8) is 0 Å². The third kappa shape index (κ3) is 3.49. The average Bonchev–Trinajstić information content (AvgIpc) is 2.85. The summed E-state index contributed by atoms with van der Waals surface area (Å²) in [5.74, 6) is -0.289. The van der Waals surface area contributed by atoms with Crippen LogP contribution in [0.2, 0.25) is 10.0 Å². The molecular formula is C14H16Cl2N4O. The van der Waals surface area contributed by atoms with Crippen molar-refractivity contribution >= 4 is 40.5 Å². The molecule has 0 spiro atoms. The fraction of sp³-hybridized carbons (Fsp3) is 0.286. The molecule has 0 atom stereocenters. The molecule has 21 heavy (non-hydrogen) atoms. The fourth-order valence-electron chi connectivity index (χ4n) is 1.67.